The number of nitrogens with zero attached hydrogens (tertiary/aromatic N) is 2. The van der Waals surface area contributed by atoms with E-state index in [1.165, 1.54) is 6.92 Å². The third kappa shape index (κ3) is 2.47. The second-order valence-electron chi connectivity index (χ2n) is 3.80. The summed E-state index contributed by atoms with van der Waals surface area (Å²) < 4.78 is 2.86. The Bertz CT molecular complexity index is 560. The first-order chi connectivity index (χ1) is 8.11. The number of carbonyl (C=O) groups is 1. The normalized spacial score (nSPS) is 10.5. The highest BCUT2D eigenvalue weighted by molar-refractivity contribution is 9.10. The number of aryl methyl sites for hydroxylation is 1. The Kier molecular flexibility index (Phi) is 3.43. The molecule has 1 aromatic heterocycles. The molecule has 2 rings (SSSR count). The highest BCUT2D eigenvalue weighted by Crippen LogP contribution is 2.24. The zero-order valence-corrected chi connectivity index (χ0v) is 11.4. The average Bonchev–Trinajstić information content (AvgIpc) is 2.73. The van der Waals surface area contributed by atoms with Crippen LogP contribution >= 0.6 is 15.9 Å². The summed E-state index contributed by atoms with van der Waals surface area (Å²) in [5.74, 6) is -0.00607. The third-order valence-electron chi connectivity index (χ3n) is 2.56. The summed E-state index contributed by atoms with van der Waals surface area (Å²) in [4.78, 5) is 11.3. The Balaban J connectivity index is 2.54. The van der Waals surface area contributed by atoms with Crippen LogP contribution in [0.4, 0.5) is 0 Å². The number of carbonyl (C=O) groups excluding carboxylic acids is 1. The van der Waals surface area contributed by atoms with Gasteiger partial charge in [-0.15, -0.1) is 0 Å². The molecule has 0 fully saturated rings. The van der Waals surface area contributed by atoms with Gasteiger partial charge < -0.3 is 0 Å². The van der Waals surface area contributed by atoms with Gasteiger partial charge in [0.05, 0.1) is 5.69 Å². The fourth-order valence-electron chi connectivity index (χ4n) is 1.71. The van der Waals surface area contributed by atoms with E-state index in [2.05, 4.69) is 21.0 Å². The molecule has 0 aliphatic carbocycles. The van der Waals surface area contributed by atoms with Crippen LogP contribution in [0.25, 0.3) is 11.3 Å². The Hall–Kier alpha value is -1.42. The molecule has 3 nitrogen and oxygen atoms in total. The minimum absolute atomic E-state index is 0.00607. The number of aromatic nitrogens is 2. The van der Waals surface area contributed by atoms with Crippen molar-refractivity contribution in [2.45, 2.75) is 20.4 Å². The Morgan fingerprint density at radius 2 is 2.18 bits per heavy atom. The van der Waals surface area contributed by atoms with Gasteiger partial charge in [0.2, 0.25) is 0 Å². The van der Waals surface area contributed by atoms with Crippen molar-refractivity contribution in [3.05, 3.63) is 40.5 Å². The number of benzene rings is 1. The van der Waals surface area contributed by atoms with Gasteiger partial charge in [-0.25, -0.2) is 0 Å². The van der Waals surface area contributed by atoms with Crippen LogP contribution in [0.2, 0.25) is 0 Å². The van der Waals surface area contributed by atoms with Gasteiger partial charge in [0.25, 0.3) is 0 Å². The molecule has 88 valence electrons. The molecule has 2 aromatic rings. The summed E-state index contributed by atoms with van der Waals surface area (Å²) in [6.07, 6.45) is 0. The summed E-state index contributed by atoms with van der Waals surface area (Å²) in [6.45, 7) is 4.29. The molecule has 1 aromatic carbocycles. The zero-order valence-electron chi connectivity index (χ0n) is 9.77. The van der Waals surface area contributed by atoms with Gasteiger partial charge in [-0.1, -0.05) is 28.1 Å². The molecule has 0 unspecified atom stereocenters. The number of halogens is 1. The smallest absolute Gasteiger partial charge is 0.180 e. The van der Waals surface area contributed by atoms with Gasteiger partial charge in [0, 0.05) is 23.5 Å². The lowest BCUT2D eigenvalue weighted by Gasteiger charge is -2.04. The van der Waals surface area contributed by atoms with Crippen LogP contribution in [-0.2, 0) is 6.54 Å². The highest BCUT2D eigenvalue weighted by Gasteiger charge is 2.11. The fourth-order valence-corrected chi connectivity index (χ4v) is 2.11. The minimum atomic E-state index is -0.00607. The lowest BCUT2D eigenvalue weighted by Crippen LogP contribution is -2.01. The summed E-state index contributed by atoms with van der Waals surface area (Å²) in [6, 6.07) is 9.82. The van der Waals surface area contributed by atoms with Crippen molar-refractivity contribution in [1.82, 2.24) is 9.78 Å². The van der Waals surface area contributed by atoms with E-state index < -0.39 is 0 Å². The van der Waals surface area contributed by atoms with E-state index in [1.54, 1.807) is 0 Å². The number of hydrogen-bond acceptors (Lipinski definition) is 2. The molecule has 0 atom stereocenters. The molecule has 0 aliphatic rings. The third-order valence-corrected chi connectivity index (χ3v) is 3.05. The molecule has 0 N–H and O–H groups in total. The molecule has 0 bridgehead atoms. The molecule has 0 radical (unpaired) electrons. The second kappa shape index (κ2) is 4.84. The Morgan fingerprint density at radius 3 is 2.76 bits per heavy atom. The maximum atomic E-state index is 11.3. The van der Waals surface area contributed by atoms with Crippen molar-refractivity contribution < 1.29 is 4.79 Å². The molecule has 1 heterocycles. The lowest BCUT2D eigenvalue weighted by molar-refractivity contribution is 0.101. The summed E-state index contributed by atoms with van der Waals surface area (Å²) in [5.41, 5.74) is 2.54. The van der Waals surface area contributed by atoms with Crippen LogP contribution in [0.5, 0.6) is 0 Å². The van der Waals surface area contributed by atoms with Crippen LogP contribution < -0.4 is 0 Å². The van der Waals surface area contributed by atoms with Crippen LogP contribution in [0.1, 0.15) is 24.3 Å². The van der Waals surface area contributed by atoms with Crippen molar-refractivity contribution in [2.75, 3.05) is 0 Å². The monoisotopic (exact) mass is 292 g/mol. The quantitative estimate of drug-likeness (QED) is 0.811. The summed E-state index contributed by atoms with van der Waals surface area (Å²) in [7, 11) is 0. The first kappa shape index (κ1) is 12.0. The Morgan fingerprint density at radius 1 is 1.41 bits per heavy atom. The summed E-state index contributed by atoms with van der Waals surface area (Å²) in [5, 5.41) is 4.29. The van der Waals surface area contributed by atoms with Gasteiger partial charge in [0.1, 0.15) is 5.69 Å². The van der Waals surface area contributed by atoms with E-state index in [0.717, 1.165) is 22.3 Å². The predicted molar refractivity (Wildman–Crippen MR) is 71.0 cm³/mol. The molecule has 4 heteroatoms. The topological polar surface area (TPSA) is 34.9 Å². The van der Waals surface area contributed by atoms with Gasteiger partial charge in [0.15, 0.2) is 5.78 Å². The Labute approximate surface area is 109 Å². The molecular formula is C13H13BrN2O. The van der Waals surface area contributed by atoms with E-state index in [0.29, 0.717) is 5.69 Å². The van der Waals surface area contributed by atoms with Crippen molar-refractivity contribution in [3.63, 3.8) is 0 Å². The molecular weight excluding hydrogens is 280 g/mol. The molecule has 0 saturated carbocycles. The van der Waals surface area contributed by atoms with Crippen molar-refractivity contribution in [2.24, 2.45) is 0 Å². The van der Waals surface area contributed by atoms with Crippen molar-refractivity contribution in [1.29, 1.82) is 0 Å². The molecule has 0 amide bonds. The fraction of sp³-hybridized carbons (Fsp3) is 0.231. The number of Topliss-reactive ketones (excluding diaryl/α,β-unsaturated/α-hetero) is 1. The van der Waals surface area contributed by atoms with Crippen molar-refractivity contribution >= 4 is 21.7 Å². The van der Waals surface area contributed by atoms with Gasteiger partial charge >= 0.3 is 0 Å². The largest absolute Gasteiger partial charge is 0.293 e. The van der Waals surface area contributed by atoms with Gasteiger partial charge in [-0.3, -0.25) is 9.48 Å². The minimum Gasteiger partial charge on any atom is -0.293 e. The zero-order chi connectivity index (χ0) is 12.4. The highest BCUT2D eigenvalue weighted by atomic mass is 79.9. The van der Waals surface area contributed by atoms with Crippen LogP contribution in [0.3, 0.4) is 0 Å². The number of ketones is 1. The van der Waals surface area contributed by atoms with Gasteiger partial charge in [-0.2, -0.15) is 5.10 Å². The average molecular weight is 293 g/mol. The summed E-state index contributed by atoms with van der Waals surface area (Å²) >= 11 is 3.45. The lowest BCUT2D eigenvalue weighted by atomic mass is 10.1. The van der Waals surface area contributed by atoms with Gasteiger partial charge in [-0.05, 0) is 25.1 Å². The molecule has 0 aliphatic heterocycles. The van der Waals surface area contributed by atoms with E-state index in [-0.39, 0.29) is 5.78 Å². The van der Waals surface area contributed by atoms with Crippen LogP contribution in [-0.4, -0.2) is 15.6 Å². The standard InChI is InChI=1S/C13H13BrN2O/c1-3-16-13(8-12(15-16)9(2)17)10-5-4-6-11(14)7-10/h4-8H,3H2,1-2H3. The van der Waals surface area contributed by atoms with E-state index in [9.17, 15) is 4.79 Å². The maximum absolute atomic E-state index is 11.3. The molecule has 0 spiro atoms. The maximum Gasteiger partial charge on any atom is 0.180 e. The predicted octanol–water partition coefficient (Wildman–Crippen LogP) is 3.54. The van der Waals surface area contributed by atoms with E-state index in [4.69, 9.17) is 0 Å². The van der Waals surface area contributed by atoms with E-state index in [1.807, 2.05) is 41.9 Å². The number of rotatable bonds is 3. The second-order valence-corrected chi connectivity index (χ2v) is 4.71. The molecule has 17 heavy (non-hydrogen) atoms. The van der Waals surface area contributed by atoms with Crippen LogP contribution in [0, 0.1) is 0 Å². The first-order valence-corrected chi connectivity index (χ1v) is 6.26. The van der Waals surface area contributed by atoms with Crippen molar-refractivity contribution in [3.8, 4) is 11.3 Å². The SMILES string of the molecule is CCn1nc(C(C)=O)cc1-c1cccc(Br)c1. The molecule has 0 saturated heterocycles. The van der Waals surface area contributed by atoms with Crippen LogP contribution in [0.15, 0.2) is 34.8 Å². The van der Waals surface area contributed by atoms with E-state index >= 15 is 0 Å². The first-order valence-electron chi connectivity index (χ1n) is 5.46. The number of hydrogen-bond donors (Lipinski definition) is 0.